The third-order valence-corrected chi connectivity index (χ3v) is 5.66. The van der Waals surface area contributed by atoms with E-state index in [-0.39, 0.29) is 24.2 Å². The summed E-state index contributed by atoms with van der Waals surface area (Å²) in [4.78, 5) is 29.3. The molecule has 148 valence electrons. The zero-order valence-corrected chi connectivity index (χ0v) is 17.0. The summed E-state index contributed by atoms with van der Waals surface area (Å²) in [7, 11) is 0. The number of piperazine rings is 1. The normalized spacial score (nSPS) is 14.7. The Balaban J connectivity index is 1.35. The Hall–Kier alpha value is -2.31. The first-order valence-electron chi connectivity index (χ1n) is 9.49. The van der Waals surface area contributed by atoms with Gasteiger partial charge in [0.25, 0.3) is 5.91 Å². The van der Waals surface area contributed by atoms with E-state index in [1.165, 1.54) is 22.9 Å². The molecular formula is C22H26N2O3S. The second-order valence-corrected chi connectivity index (χ2v) is 7.96. The molecule has 28 heavy (non-hydrogen) atoms. The van der Waals surface area contributed by atoms with Gasteiger partial charge < -0.3 is 9.64 Å². The molecule has 0 N–H and O–H groups in total. The number of hydrogen-bond donors (Lipinski definition) is 0. The summed E-state index contributed by atoms with van der Waals surface area (Å²) in [5, 5.41) is 0. The summed E-state index contributed by atoms with van der Waals surface area (Å²) < 4.78 is 5.15. The van der Waals surface area contributed by atoms with Gasteiger partial charge in [-0.15, -0.1) is 11.8 Å². The molecule has 3 rings (SSSR count). The molecule has 1 amide bonds. The molecule has 1 aliphatic heterocycles. The molecule has 0 aliphatic carbocycles. The third kappa shape index (κ3) is 6.39. The Bertz CT molecular complexity index is 789. The van der Waals surface area contributed by atoms with E-state index in [1.54, 1.807) is 4.90 Å². The monoisotopic (exact) mass is 398 g/mol. The summed E-state index contributed by atoms with van der Waals surface area (Å²) in [5.74, 6) is -0.268. The number of hydrogen-bond acceptors (Lipinski definition) is 5. The largest absolute Gasteiger partial charge is 0.455 e. The first kappa shape index (κ1) is 20.4. The molecule has 1 aliphatic rings. The van der Waals surface area contributed by atoms with Crippen molar-refractivity contribution in [3.8, 4) is 0 Å². The first-order valence-corrected chi connectivity index (χ1v) is 10.5. The van der Waals surface area contributed by atoms with Gasteiger partial charge in [-0.2, -0.15) is 0 Å². The van der Waals surface area contributed by atoms with Crippen molar-refractivity contribution in [2.75, 3.05) is 38.5 Å². The van der Waals surface area contributed by atoms with Crippen molar-refractivity contribution in [2.45, 2.75) is 18.4 Å². The molecule has 5 nitrogen and oxygen atoms in total. The zero-order valence-electron chi connectivity index (χ0n) is 16.2. The van der Waals surface area contributed by atoms with E-state index in [0.29, 0.717) is 13.1 Å². The zero-order chi connectivity index (χ0) is 19.8. The number of thioether (sulfide) groups is 1. The van der Waals surface area contributed by atoms with E-state index in [9.17, 15) is 9.59 Å². The van der Waals surface area contributed by atoms with E-state index < -0.39 is 0 Å². The molecule has 1 heterocycles. The van der Waals surface area contributed by atoms with Gasteiger partial charge in [-0.25, -0.2) is 0 Å². The molecule has 0 aromatic heterocycles. The summed E-state index contributed by atoms with van der Waals surface area (Å²) in [5.41, 5.74) is 2.56. The van der Waals surface area contributed by atoms with Gasteiger partial charge in [-0.1, -0.05) is 48.0 Å². The molecule has 2 aromatic carbocycles. The summed E-state index contributed by atoms with van der Waals surface area (Å²) in [6.45, 7) is 5.82. The highest BCUT2D eigenvalue weighted by Gasteiger charge is 2.22. The average molecular weight is 399 g/mol. The minimum Gasteiger partial charge on any atom is -0.455 e. The molecule has 0 spiro atoms. The Kier molecular flexibility index (Phi) is 7.51. The quantitative estimate of drug-likeness (QED) is 0.530. The molecule has 0 radical (unpaired) electrons. The Morgan fingerprint density at radius 1 is 1.00 bits per heavy atom. The molecule has 0 saturated carbocycles. The molecule has 6 heteroatoms. The van der Waals surface area contributed by atoms with Gasteiger partial charge in [-0.3, -0.25) is 14.5 Å². The molecule has 1 fully saturated rings. The highest BCUT2D eigenvalue weighted by molar-refractivity contribution is 8.00. The Morgan fingerprint density at radius 2 is 1.75 bits per heavy atom. The molecular weight excluding hydrogens is 372 g/mol. The molecule has 0 atom stereocenters. The lowest BCUT2D eigenvalue weighted by atomic mass is 10.1. The van der Waals surface area contributed by atoms with Gasteiger partial charge >= 0.3 is 5.97 Å². The van der Waals surface area contributed by atoms with Crippen LogP contribution in [-0.4, -0.2) is 60.2 Å². The predicted octanol–water partition coefficient (Wildman–Crippen LogP) is 2.97. The van der Waals surface area contributed by atoms with Crippen LogP contribution in [-0.2, 0) is 20.9 Å². The molecule has 2 aromatic rings. The summed E-state index contributed by atoms with van der Waals surface area (Å²) in [6.07, 6.45) is 0. The van der Waals surface area contributed by atoms with Crippen molar-refractivity contribution in [3.63, 3.8) is 0 Å². The first-order chi connectivity index (χ1) is 13.6. The maximum atomic E-state index is 12.3. The minimum absolute atomic E-state index is 0.117. The van der Waals surface area contributed by atoms with Crippen LogP contribution in [0.1, 0.15) is 11.1 Å². The van der Waals surface area contributed by atoms with Crippen LogP contribution in [0.5, 0.6) is 0 Å². The van der Waals surface area contributed by atoms with Gasteiger partial charge in [0.15, 0.2) is 6.61 Å². The molecule has 1 saturated heterocycles. The van der Waals surface area contributed by atoms with E-state index in [2.05, 4.69) is 36.1 Å². The van der Waals surface area contributed by atoms with Gasteiger partial charge in [0.1, 0.15) is 0 Å². The maximum Gasteiger partial charge on any atom is 0.316 e. The highest BCUT2D eigenvalue weighted by Crippen LogP contribution is 2.17. The number of carbonyl (C=O) groups excluding carboxylic acids is 2. The Morgan fingerprint density at radius 3 is 2.46 bits per heavy atom. The maximum absolute atomic E-state index is 12.3. The SMILES string of the molecule is Cc1cccc(CN2CCN(C(=O)COC(=O)CSc3ccccc3)CC2)c1. The van der Waals surface area contributed by atoms with Crippen LogP contribution in [0.15, 0.2) is 59.5 Å². The summed E-state index contributed by atoms with van der Waals surface area (Å²) in [6, 6.07) is 18.2. The van der Waals surface area contributed by atoms with Gasteiger partial charge in [-0.05, 0) is 24.6 Å². The average Bonchev–Trinajstić information content (AvgIpc) is 2.72. The van der Waals surface area contributed by atoms with Gasteiger partial charge in [0.2, 0.25) is 0 Å². The fraction of sp³-hybridized carbons (Fsp3) is 0.364. The molecule has 0 unspecified atom stereocenters. The van der Waals surface area contributed by atoms with E-state index in [1.807, 2.05) is 30.3 Å². The number of amides is 1. The van der Waals surface area contributed by atoms with Crippen molar-refractivity contribution in [3.05, 3.63) is 65.7 Å². The standard InChI is InChI=1S/C22H26N2O3S/c1-18-6-5-7-19(14-18)15-23-10-12-24(13-11-23)21(25)16-27-22(26)17-28-20-8-3-2-4-9-20/h2-9,14H,10-13,15-17H2,1H3. The van der Waals surface area contributed by atoms with Crippen LogP contribution in [0.25, 0.3) is 0 Å². The lowest BCUT2D eigenvalue weighted by Gasteiger charge is -2.34. The van der Waals surface area contributed by atoms with Crippen LogP contribution >= 0.6 is 11.8 Å². The number of esters is 1. The van der Waals surface area contributed by atoms with Crippen molar-refractivity contribution >= 4 is 23.6 Å². The summed E-state index contributed by atoms with van der Waals surface area (Å²) >= 11 is 1.41. The van der Waals surface area contributed by atoms with Crippen LogP contribution in [0.2, 0.25) is 0 Å². The fourth-order valence-electron chi connectivity index (χ4n) is 3.16. The number of aryl methyl sites for hydroxylation is 1. The van der Waals surface area contributed by atoms with E-state index in [0.717, 1.165) is 24.5 Å². The smallest absolute Gasteiger partial charge is 0.316 e. The van der Waals surface area contributed by atoms with Gasteiger partial charge in [0.05, 0.1) is 5.75 Å². The fourth-order valence-corrected chi connectivity index (χ4v) is 3.88. The number of nitrogens with zero attached hydrogens (tertiary/aromatic N) is 2. The number of carbonyl (C=O) groups is 2. The number of ether oxygens (including phenoxy) is 1. The lowest BCUT2D eigenvalue weighted by Crippen LogP contribution is -2.49. The van der Waals surface area contributed by atoms with Crippen LogP contribution < -0.4 is 0 Å². The second-order valence-electron chi connectivity index (χ2n) is 6.91. The third-order valence-electron chi connectivity index (χ3n) is 4.67. The van der Waals surface area contributed by atoms with Crippen molar-refractivity contribution < 1.29 is 14.3 Å². The lowest BCUT2D eigenvalue weighted by molar-refractivity contribution is -0.150. The predicted molar refractivity (Wildman–Crippen MR) is 111 cm³/mol. The highest BCUT2D eigenvalue weighted by atomic mass is 32.2. The van der Waals surface area contributed by atoms with Crippen molar-refractivity contribution in [2.24, 2.45) is 0 Å². The minimum atomic E-state index is -0.361. The van der Waals surface area contributed by atoms with E-state index >= 15 is 0 Å². The Labute approximate surface area is 170 Å². The van der Waals surface area contributed by atoms with Crippen LogP contribution in [0.4, 0.5) is 0 Å². The van der Waals surface area contributed by atoms with Crippen molar-refractivity contribution in [1.29, 1.82) is 0 Å². The molecule has 0 bridgehead atoms. The van der Waals surface area contributed by atoms with Crippen LogP contribution in [0, 0.1) is 6.92 Å². The van der Waals surface area contributed by atoms with Crippen LogP contribution in [0.3, 0.4) is 0 Å². The second kappa shape index (κ2) is 10.3. The van der Waals surface area contributed by atoms with E-state index in [4.69, 9.17) is 4.74 Å². The number of benzene rings is 2. The number of rotatable bonds is 7. The van der Waals surface area contributed by atoms with Crippen molar-refractivity contribution in [1.82, 2.24) is 9.80 Å². The van der Waals surface area contributed by atoms with Gasteiger partial charge in [0, 0.05) is 37.6 Å². The topological polar surface area (TPSA) is 49.9 Å².